The minimum atomic E-state index is -1.20. The van der Waals surface area contributed by atoms with Crippen molar-refractivity contribution < 1.29 is 9.90 Å². The van der Waals surface area contributed by atoms with Gasteiger partial charge in [0.25, 0.3) is 0 Å². The lowest BCUT2D eigenvalue weighted by Gasteiger charge is -2.06. The summed E-state index contributed by atoms with van der Waals surface area (Å²) in [6, 6.07) is 7.46. The highest BCUT2D eigenvalue weighted by molar-refractivity contribution is 5.84. The van der Waals surface area contributed by atoms with Crippen molar-refractivity contribution in [3.8, 4) is 0 Å². The number of carboxylic acid groups (broad SMARTS) is 1. The molecule has 0 aliphatic rings. The fourth-order valence-corrected chi connectivity index (χ4v) is 1.09. The molecule has 2 heteroatoms. The van der Waals surface area contributed by atoms with Gasteiger partial charge in [-0.15, -0.1) is 0 Å². The van der Waals surface area contributed by atoms with Gasteiger partial charge in [-0.3, -0.25) is 0 Å². The molecule has 1 aromatic carbocycles. The minimum absolute atomic E-state index is 0.0938. The third-order valence-corrected chi connectivity index (χ3v) is 1.92. The number of rotatable bonds is 4. The van der Waals surface area contributed by atoms with Gasteiger partial charge in [-0.2, -0.15) is 0 Å². The van der Waals surface area contributed by atoms with E-state index in [-0.39, 0.29) is 5.57 Å². The molecule has 0 radical (unpaired) electrons. The van der Waals surface area contributed by atoms with Crippen molar-refractivity contribution in [3.63, 3.8) is 0 Å². The van der Waals surface area contributed by atoms with Crippen LogP contribution in [0.1, 0.15) is 11.1 Å². The first-order valence-corrected chi connectivity index (χ1v) is 4.24. The highest BCUT2D eigenvalue weighted by Gasteiger charge is 1.97. The second-order valence-electron chi connectivity index (χ2n) is 3.01. The number of hydrogen-bond donors (Lipinski definition) is 0. The van der Waals surface area contributed by atoms with Crippen LogP contribution in [0.3, 0.4) is 0 Å². The third kappa shape index (κ3) is 2.59. The summed E-state index contributed by atoms with van der Waals surface area (Å²) in [4.78, 5) is 10.4. The molecule has 72 valence electrons. The summed E-state index contributed by atoms with van der Waals surface area (Å²) in [5, 5.41) is 10.4. The molecule has 1 aromatic rings. The highest BCUT2D eigenvalue weighted by Crippen LogP contribution is 2.09. The Balaban J connectivity index is 2.73. The van der Waals surface area contributed by atoms with E-state index in [0.29, 0.717) is 6.42 Å². The van der Waals surface area contributed by atoms with Gasteiger partial charge in [-0.05, 0) is 23.1 Å². The maximum atomic E-state index is 10.4. The van der Waals surface area contributed by atoms with Crippen molar-refractivity contribution in [2.45, 2.75) is 6.42 Å². The van der Waals surface area contributed by atoms with E-state index >= 15 is 0 Å². The smallest absolute Gasteiger partial charge is 0.0672 e. The van der Waals surface area contributed by atoms with Crippen LogP contribution >= 0.6 is 0 Å². The number of carbonyl (C=O) groups excluding carboxylic acids is 1. The first-order chi connectivity index (χ1) is 6.63. The van der Waals surface area contributed by atoms with Crippen LogP contribution < -0.4 is 5.11 Å². The Morgan fingerprint density at radius 1 is 1.36 bits per heavy atom. The Hall–Kier alpha value is -1.83. The largest absolute Gasteiger partial charge is 0.545 e. The molecule has 0 heterocycles. The maximum absolute atomic E-state index is 10.4. The summed E-state index contributed by atoms with van der Waals surface area (Å²) in [7, 11) is 0. The Bertz CT molecular complexity index is 360. The van der Waals surface area contributed by atoms with Crippen LogP contribution in [0.4, 0.5) is 0 Å². The molecule has 1 rings (SSSR count). The molecule has 0 atom stereocenters. The van der Waals surface area contributed by atoms with E-state index in [9.17, 15) is 9.90 Å². The first-order valence-electron chi connectivity index (χ1n) is 4.24. The van der Waals surface area contributed by atoms with Crippen LogP contribution in [0.15, 0.2) is 43.0 Å². The van der Waals surface area contributed by atoms with E-state index in [2.05, 4.69) is 13.2 Å². The van der Waals surface area contributed by atoms with Crippen molar-refractivity contribution in [2.75, 3.05) is 0 Å². The molecule has 0 fully saturated rings. The van der Waals surface area contributed by atoms with Gasteiger partial charge in [0.05, 0.1) is 5.97 Å². The normalized spacial score (nSPS) is 9.43. The number of carbonyl (C=O) groups is 1. The summed E-state index contributed by atoms with van der Waals surface area (Å²) < 4.78 is 0. The number of aliphatic carboxylic acids is 1. The van der Waals surface area contributed by atoms with Crippen molar-refractivity contribution in [1.29, 1.82) is 0 Å². The molecular formula is C12H11O2-. The van der Waals surface area contributed by atoms with Gasteiger partial charge in [-0.25, -0.2) is 0 Å². The Labute approximate surface area is 83.2 Å². The molecule has 0 saturated heterocycles. The quantitative estimate of drug-likeness (QED) is 0.664. The van der Waals surface area contributed by atoms with Crippen molar-refractivity contribution in [3.05, 3.63) is 54.1 Å². The van der Waals surface area contributed by atoms with E-state index in [1.165, 1.54) is 0 Å². The number of hydrogen-bond acceptors (Lipinski definition) is 2. The lowest BCUT2D eigenvalue weighted by Crippen LogP contribution is -2.24. The van der Waals surface area contributed by atoms with Crippen molar-refractivity contribution in [2.24, 2.45) is 0 Å². The predicted octanol–water partition coefficient (Wildman–Crippen LogP) is 1.18. The van der Waals surface area contributed by atoms with Gasteiger partial charge in [-0.1, -0.05) is 43.5 Å². The van der Waals surface area contributed by atoms with E-state index < -0.39 is 5.97 Å². The monoisotopic (exact) mass is 187 g/mol. The molecule has 14 heavy (non-hydrogen) atoms. The summed E-state index contributed by atoms with van der Waals surface area (Å²) in [5.74, 6) is -1.20. The van der Waals surface area contributed by atoms with Crippen molar-refractivity contribution >= 4 is 12.0 Å². The molecule has 0 aromatic heterocycles. The van der Waals surface area contributed by atoms with Crippen LogP contribution in [-0.4, -0.2) is 5.97 Å². The second kappa shape index (κ2) is 4.42. The molecule has 0 unspecified atom stereocenters. The van der Waals surface area contributed by atoms with Crippen LogP contribution in [0, 0.1) is 0 Å². The molecule has 2 nitrogen and oxygen atoms in total. The first kappa shape index (κ1) is 10.3. The zero-order valence-corrected chi connectivity index (χ0v) is 7.82. The lowest BCUT2D eigenvalue weighted by atomic mass is 10.0. The number of benzene rings is 1. The molecule has 0 aliphatic heterocycles. The molecule has 0 aliphatic carbocycles. The van der Waals surface area contributed by atoms with Crippen LogP contribution in [0.25, 0.3) is 6.08 Å². The average molecular weight is 187 g/mol. The lowest BCUT2D eigenvalue weighted by molar-refractivity contribution is -0.299. The summed E-state index contributed by atoms with van der Waals surface area (Å²) in [5.41, 5.74) is 2.01. The zero-order valence-electron chi connectivity index (χ0n) is 7.82. The second-order valence-corrected chi connectivity index (χ2v) is 3.01. The molecule has 0 bridgehead atoms. The van der Waals surface area contributed by atoms with Crippen LogP contribution in [0.5, 0.6) is 0 Å². The molecule has 0 spiro atoms. The Kier molecular flexibility index (Phi) is 3.24. The van der Waals surface area contributed by atoms with Gasteiger partial charge in [0.2, 0.25) is 0 Å². The topological polar surface area (TPSA) is 40.1 Å². The number of carboxylic acids is 1. The van der Waals surface area contributed by atoms with E-state index in [4.69, 9.17) is 0 Å². The van der Waals surface area contributed by atoms with E-state index in [1.54, 1.807) is 6.08 Å². The Morgan fingerprint density at radius 2 is 1.93 bits per heavy atom. The molecule has 0 saturated carbocycles. The third-order valence-electron chi connectivity index (χ3n) is 1.92. The zero-order chi connectivity index (χ0) is 10.6. The fraction of sp³-hybridized carbons (Fsp3) is 0.0833. The summed E-state index contributed by atoms with van der Waals surface area (Å²) >= 11 is 0. The highest BCUT2D eigenvalue weighted by atomic mass is 16.4. The predicted molar refractivity (Wildman–Crippen MR) is 54.4 cm³/mol. The molecule has 0 N–H and O–H groups in total. The van der Waals surface area contributed by atoms with Crippen LogP contribution in [-0.2, 0) is 11.2 Å². The van der Waals surface area contributed by atoms with E-state index in [0.717, 1.165) is 11.1 Å². The van der Waals surface area contributed by atoms with E-state index in [1.807, 2.05) is 24.3 Å². The summed E-state index contributed by atoms with van der Waals surface area (Å²) in [6.07, 6.45) is 2.05. The maximum Gasteiger partial charge on any atom is 0.0672 e. The van der Waals surface area contributed by atoms with Crippen LogP contribution in [0.2, 0.25) is 0 Å². The van der Waals surface area contributed by atoms with Gasteiger partial charge in [0, 0.05) is 0 Å². The summed E-state index contributed by atoms with van der Waals surface area (Å²) in [6.45, 7) is 7.04. The SMILES string of the molecule is C=Cc1ccc(CC(=C)C(=O)[O-])cc1. The van der Waals surface area contributed by atoms with Gasteiger partial charge < -0.3 is 9.90 Å². The van der Waals surface area contributed by atoms with Gasteiger partial charge in [0.15, 0.2) is 0 Å². The minimum Gasteiger partial charge on any atom is -0.545 e. The average Bonchev–Trinajstić information content (AvgIpc) is 2.19. The fourth-order valence-electron chi connectivity index (χ4n) is 1.09. The van der Waals surface area contributed by atoms with Gasteiger partial charge >= 0.3 is 0 Å². The van der Waals surface area contributed by atoms with Crippen molar-refractivity contribution in [1.82, 2.24) is 0 Å². The molecular weight excluding hydrogens is 176 g/mol. The Morgan fingerprint density at radius 3 is 2.36 bits per heavy atom. The van der Waals surface area contributed by atoms with Gasteiger partial charge in [0.1, 0.15) is 0 Å². The molecule has 0 amide bonds. The standard InChI is InChI=1S/C12H12O2/c1-3-10-4-6-11(7-5-10)8-9(2)12(13)14/h3-7H,1-2,8H2,(H,13,14)/p-1.